The van der Waals surface area contributed by atoms with Gasteiger partial charge in [0, 0.05) is 4.88 Å². The van der Waals surface area contributed by atoms with Crippen LogP contribution < -0.4 is 5.32 Å². The third kappa shape index (κ3) is 1.78. The molecule has 0 aliphatic heterocycles. The van der Waals surface area contributed by atoms with Crippen LogP contribution in [0.1, 0.15) is 10.9 Å². The van der Waals surface area contributed by atoms with Crippen LogP contribution in [0.5, 0.6) is 0 Å². The maximum absolute atomic E-state index is 10.6. The van der Waals surface area contributed by atoms with E-state index in [1.165, 1.54) is 11.3 Å². The Balaban J connectivity index is 2.79. The molecule has 1 atom stereocenters. The SMILES string of the molecule is CNC(C(=O)O)c1cccs1. The molecule has 0 spiro atoms. The smallest absolute Gasteiger partial charge is 0.326 e. The van der Waals surface area contributed by atoms with Gasteiger partial charge in [-0.3, -0.25) is 4.79 Å². The molecule has 4 heteroatoms. The summed E-state index contributed by atoms with van der Waals surface area (Å²) in [6, 6.07) is 3.09. The minimum absolute atomic E-state index is 0.560. The lowest BCUT2D eigenvalue weighted by Gasteiger charge is -2.07. The number of carboxylic acid groups (broad SMARTS) is 1. The van der Waals surface area contributed by atoms with Crippen LogP contribution in [0.15, 0.2) is 17.5 Å². The zero-order valence-corrected chi connectivity index (χ0v) is 6.89. The van der Waals surface area contributed by atoms with E-state index in [0.29, 0.717) is 0 Å². The number of nitrogens with one attached hydrogen (secondary N) is 1. The van der Waals surface area contributed by atoms with Crippen molar-refractivity contribution in [2.24, 2.45) is 0 Å². The number of hydrogen-bond acceptors (Lipinski definition) is 3. The van der Waals surface area contributed by atoms with Gasteiger partial charge in [-0.1, -0.05) is 6.07 Å². The Bertz CT molecular complexity index is 233. The number of rotatable bonds is 3. The second kappa shape index (κ2) is 3.50. The molecule has 0 aliphatic carbocycles. The van der Waals surface area contributed by atoms with Gasteiger partial charge in [-0.05, 0) is 18.5 Å². The van der Waals surface area contributed by atoms with Gasteiger partial charge in [0.15, 0.2) is 0 Å². The quantitative estimate of drug-likeness (QED) is 0.715. The maximum Gasteiger partial charge on any atom is 0.326 e. The molecule has 0 aromatic carbocycles. The van der Waals surface area contributed by atoms with E-state index in [1.54, 1.807) is 13.1 Å². The Morgan fingerprint density at radius 3 is 2.91 bits per heavy atom. The summed E-state index contributed by atoms with van der Waals surface area (Å²) < 4.78 is 0. The molecule has 60 valence electrons. The van der Waals surface area contributed by atoms with E-state index >= 15 is 0 Å². The number of aliphatic carboxylic acids is 1. The van der Waals surface area contributed by atoms with E-state index in [4.69, 9.17) is 5.11 Å². The van der Waals surface area contributed by atoms with Crippen molar-refractivity contribution in [2.45, 2.75) is 6.04 Å². The number of carboxylic acids is 1. The number of carbonyl (C=O) groups is 1. The average molecular weight is 171 g/mol. The van der Waals surface area contributed by atoms with Gasteiger partial charge in [-0.15, -0.1) is 11.3 Å². The van der Waals surface area contributed by atoms with E-state index in [2.05, 4.69) is 5.32 Å². The zero-order chi connectivity index (χ0) is 8.27. The molecular formula is C7H9NO2S. The van der Waals surface area contributed by atoms with Gasteiger partial charge in [0.25, 0.3) is 0 Å². The lowest BCUT2D eigenvalue weighted by atomic mass is 10.2. The third-order valence-electron chi connectivity index (χ3n) is 1.36. The van der Waals surface area contributed by atoms with Crippen molar-refractivity contribution >= 4 is 17.3 Å². The highest BCUT2D eigenvalue weighted by Gasteiger charge is 2.17. The summed E-state index contributed by atoms with van der Waals surface area (Å²) in [6.07, 6.45) is 0. The van der Waals surface area contributed by atoms with Crippen LogP contribution >= 0.6 is 11.3 Å². The summed E-state index contributed by atoms with van der Waals surface area (Å²) in [4.78, 5) is 11.4. The van der Waals surface area contributed by atoms with E-state index in [0.717, 1.165) is 4.88 Å². The second-order valence-corrected chi connectivity index (χ2v) is 3.05. The van der Waals surface area contributed by atoms with Gasteiger partial charge in [0.2, 0.25) is 0 Å². The van der Waals surface area contributed by atoms with Crippen LogP contribution in [-0.4, -0.2) is 18.1 Å². The van der Waals surface area contributed by atoms with Crippen LogP contribution in [0.25, 0.3) is 0 Å². The first-order valence-corrected chi connectivity index (χ1v) is 4.07. The number of likely N-dealkylation sites (N-methyl/N-ethyl adjacent to an activating group) is 1. The third-order valence-corrected chi connectivity index (χ3v) is 2.30. The number of thiophene rings is 1. The van der Waals surface area contributed by atoms with E-state index in [1.807, 2.05) is 11.4 Å². The lowest BCUT2D eigenvalue weighted by molar-refractivity contribution is -0.139. The molecule has 0 saturated heterocycles. The monoisotopic (exact) mass is 171 g/mol. The summed E-state index contributed by atoms with van der Waals surface area (Å²) >= 11 is 1.44. The van der Waals surface area contributed by atoms with Gasteiger partial charge >= 0.3 is 5.97 Å². The largest absolute Gasteiger partial charge is 0.480 e. The van der Waals surface area contributed by atoms with Crippen molar-refractivity contribution in [1.29, 1.82) is 0 Å². The fourth-order valence-electron chi connectivity index (χ4n) is 0.843. The Morgan fingerprint density at radius 2 is 2.55 bits per heavy atom. The highest BCUT2D eigenvalue weighted by atomic mass is 32.1. The summed E-state index contributed by atoms with van der Waals surface area (Å²) in [5.74, 6) is -0.838. The topological polar surface area (TPSA) is 49.3 Å². The van der Waals surface area contributed by atoms with Gasteiger partial charge in [-0.2, -0.15) is 0 Å². The molecule has 0 aliphatic rings. The molecule has 0 saturated carbocycles. The minimum atomic E-state index is -0.838. The zero-order valence-electron chi connectivity index (χ0n) is 6.07. The fourth-order valence-corrected chi connectivity index (χ4v) is 1.67. The van der Waals surface area contributed by atoms with Crippen molar-refractivity contribution < 1.29 is 9.90 Å². The van der Waals surface area contributed by atoms with Crippen molar-refractivity contribution in [3.8, 4) is 0 Å². The van der Waals surface area contributed by atoms with Crippen LogP contribution in [0.4, 0.5) is 0 Å². The first-order chi connectivity index (χ1) is 5.25. The molecule has 0 bridgehead atoms. The standard InChI is InChI=1S/C7H9NO2S/c1-8-6(7(9)10)5-3-2-4-11-5/h2-4,6,8H,1H3,(H,9,10). The first kappa shape index (κ1) is 8.23. The van der Waals surface area contributed by atoms with Crippen molar-refractivity contribution in [3.05, 3.63) is 22.4 Å². The predicted molar refractivity (Wildman–Crippen MR) is 43.8 cm³/mol. The Labute approximate surface area is 68.7 Å². The normalized spacial score (nSPS) is 12.8. The van der Waals surface area contributed by atoms with Crippen molar-refractivity contribution in [2.75, 3.05) is 7.05 Å². The molecule has 2 N–H and O–H groups in total. The van der Waals surface area contributed by atoms with Crippen molar-refractivity contribution in [1.82, 2.24) is 5.32 Å². The maximum atomic E-state index is 10.6. The second-order valence-electron chi connectivity index (χ2n) is 2.08. The Kier molecular flexibility index (Phi) is 2.62. The van der Waals surface area contributed by atoms with Gasteiger partial charge in [-0.25, -0.2) is 0 Å². The summed E-state index contributed by atoms with van der Waals surface area (Å²) in [6.45, 7) is 0. The average Bonchev–Trinajstić information content (AvgIpc) is 2.40. The minimum Gasteiger partial charge on any atom is -0.480 e. The first-order valence-electron chi connectivity index (χ1n) is 3.19. The molecule has 1 heterocycles. The molecule has 11 heavy (non-hydrogen) atoms. The molecule has 0 radical (unpaired) electrons. The van der Waals surface area contributed by atoms with Gasteiger partial charge < -0.3 is 10.4 Å². The van der Waals surface area contributed by atoms with E-state index < -0.39 is 12.0 Å². The van der Waals surface area contributed by atoms with Crippen LogP contribution in [0, 0.1) is 0 Å². The number of hydrogen-bond donors (Lipinski definition) is 2. The fraction of sp³-hybridized carbons (Fsp3) is 0.286. The van der Waals surface area contributed by atoms with Crippen molar-refractivity contribution in [3.63, 3.8) is 0 Å². The summed E-state index contributed by atoms with van der Waals surface area (Å²) in [7, 11) is 1.64. The Hall–Kier alpha value is -0.870. The molecule has 1 aromatic heterocycles. The predicted octanol–water partition coefficient (Wildman–Crippen LogP) is 1.09. The lowest BCUT2D eigenvalue weighted by Crippen LogP contribution is -2.23. The highest BCUT2D eigenvalue weighted by molar-refractivity contribution is 7.10. The molecule has 1 aromatic rings. The molecule has 0 amide bonds. The molecule has 1 unspecified atom stereocenters. The van der Waals surface area contributed by atoms with Crippen LogP contribution in [-0.2, 0) is 4.79 Å². The van der Waals surface area contributed by atoms with Gasteiger partial charge in [0.05, 0.1) is 0 Å². The molecule has 3 nitrogen and oxygen atoms in total. The molecule has 1 rings (SSSR count). The summed E-state index contributed by atoms with van der Waals surface area (Å²) in [5.41, 5.74) is 0. The highest BCUT2D eigenvalue weighted by Crippen LogP contribution is 2.18. The molecule has 0 fully saturated rings. The van der Waals surface area contributed by atoms with Crippen LogP contribution in [0.3, 0.4) is 0 Å². The van der Waals surface area contributed by atoms with Gasteiger partial charge in [0.1, 0.15) is 6.04 Å². The molecular weight excluding hydrogens is 162 g/mol. The summed E-state index contributed by atoms with van der Waals surface area (Å²) in [5, 5.41) is 13.3. The van der Waals surface area contributed by atoms with E-state index in [9.17, 15) is 4.79 Å². The Morgan fingerprint density at radius 1 is 1.82 bits per heavy atom. The van der Waals surface area contributed by atoms with E-state index in [-0.39, 0.29) is 0 Å². The van der Waals surface area contributed by atoms with Crippen LogP contribution in [0.2, 0.25) is 0 Å².